The number of carbonyl (C=O) groups is 1. The summed E-state index contributed by atoms with van der Waals surface area (Å²) in [4.78, 5) is 33.6. The molecule has 1 aliphatic carbocycles. The Morgan fingerprint density at radius 1 is 1.39 bits per heavy atom. The minimum atomic E-state index is -1.12. The standard InChI is InChI=1S/C19H18N4O4S/c24-16-13(17(25)23(11-5-6-11)19(28)22-16)9-21-15(18(26)27)7-10-8-20-14-4-2-1-3-12(10)14/h1-4,8-9,11,15,20,25H,5-7H2,(H,26,27)(H,22,24,28)/t15-/m0/s1. The number of carboxylic acid groups (broad SMARTS) is 1. The van der Waals surface area contributed by atoms with Gasteiger partial charge in [-0.2, -0.15) is 0 Å². The predicted molar refractivity (Wildman–Crippen MR) is 107 cm³/mol. The second-order valence-corrected chi connectivity index (χ2v) is 7.18. The number of rotatable bonds is 6. The number of aromatic hydroxyl groups is 1. The van der Waals surface area contributed by atoms with Gasteiger partial charge in [-0.3, -0.25) is 19.3 Å². The minimum Gasteiger partial charge on any atom is -0.494 e. The molecule has 0 amide bonds. The Balaban J connectivity index is 1.66. The van der Waals surface area contributed by atoms with E-state index in [4.69, 9.17) is 12.2 Å². The Morgan fingerprint density at radius 3 is 2.86 bits per heavy atom. The van der Waals surface area contributed by atoms with Crippen molar-refractivity contribution in [2.24, 2.45) is 4.99 Å². The highest BCUT2D eigenvalue weighted by atomic mass is 32.1. The van der Waals surface area contributed by atoms with Crippen molar-refractivity contribution in [2.75, 3.05) is 0 Å². The second-order valence-electron chi connectivity index (χ2n) is 6.79. The molecule has 4 N–H and O–H groups in total. The molecule has 1 aliphatic rings. The van der Waals surface area contributed by atoms with Gasteiger partial charge >= 0.3 is 5.97 Å². The van der Waals surface area contributed by atoms with Crippen molar-refractivity contribution in [3.63, 3.8) is 0 Å². The smallest absolute Gasteiger partial charge is 0.328 e. The summed E-state index contributed by atoms with van der Waals surface area (Å²) in [5.41, 5.74) is 1.03. The molecule has 2 aromatic heterocycles. The lowest BCUT2D eigenvalue weighted by atomic mass is 10.1. The number of para-hydroxylation sites is 1. The molecule has 28 heavy (non-hydrogen) atoms. The Labute approximate surface area is 164 Å². The Hall–Kier alpha value is -3.20. The number of aliphatic carboxylic acids is 1. The average Bonchev–Trinajstić information content (AvgIpc) is 3.40. The van der Waals surface area contributed by atoms with Crippen LogP contribution in [-0.2, 0) is 11.2 Å². The fraction of sp³-hybridized carbons (Fsp3) is 0.263. The quantitative estimate of drug-likeness (QED) is 0.375. The van der Waals surface area contributed by atoms with Crippen LogP contribution in [0.15, 0.2) is 40.2 Å². The highest BCUT2D eigenvalue weighted by Gasteiger charge is 2.28. The van der Waals surface area contributed by atoms with Gasteiger partial charge < -0.3 is 15.2 Å². The lowest BCUT2D eigenvalue weighted by Crippen LogP contribution is -2.23. The van der Waals surface area contributed by atoms with Crippen LogP contribution in [0.5, 0.6) is 5.88 Å². The maximum Gasteiger partial charge on any atom is 0.328 e. The number of hydrogen-bond acceptors (Lipinski definition) is 5. The largest absolute Gasteiger partial charge is 0.494 e. The first-order valence-corrected chi connectivity index (χ1v) is 9.25. The SMILES string of the molecule is O=C(O)[C@H](Cc1c[nH]c2ccccc12)N=Cc1c(O)n(C2CC2)c(=S)[nH]c1=O. The van der Waals surface area contributed by atoms with Crippen molar-refractivity contribution in [1.82, 2.24) is 14.5 Å². The summed E-state index contributed by atoms with van der Waals surface area (Å²) in [5, 5.41) is 20.9. The van der Waals surface area contributed by atoms with E-state index in [1.54, 1.807) is 6.20 Å². The summed E-state index contributed by atoms with van der Waals surface area (Å²) < 4.78 is 1.63. The summed E-state index contributed by atoms with van der Waals surface area (Å²) in [6, 6.07) is 6.53. The van der Waals surface area contributed by atoms with Gasteiger partial charge in [0, 0.05) is 35.8 Å². The second kappa shape index (κ2) is 7.08. The van der Waals surface area contributed by atoms with Gasteiger partial charge in [-0.1, -0.05) is 18.2 Å². The van der Waals surface area contributed by atoms with Gasteiger partial charge in [-0.15, -0.1) is 0 Å². The van der Waals surface area contributed by atoms with E-state index < -0.39 is 17.6 Å². The molecule has 0 radical (unpaired) electrons. The number of aliphatic imine (C=N–C) groups is 1. The molecule has 0 bridgehead atoms. The molecule has 2 heterocycles. The van der Waals surface area contributed by atoms with Crippen LogP contribution in [0.1, 0.15) is 30.0 Å². The number of aromatic nitrogens is 3. The third-order valence-electron chi connectivity index (χ3n) is 4.82. The molecule has 144 valence electrons. The van der Waals surface area contributed by atoms with Crippen LogP contribution >= 0.6 is 12.2 Å². The Bertz CT molecular complexity index is 1200. The van der Waals surface area contributed by atoms with Gasteiger partial charge in [-0.25, -0.2) is 4.79 Å². The van der Waals surface area contributed by atoms with Crippen LogP contribution in [0.3, 0.4) is 0 Å². The number of nitrogens with one attached hydrogen (secondary N) is 2. The predicted octanol–water partition coefficient (Wildman–Crippen LogP) is 2.54. The van der Waals surface area contributed by atoms with E-state index in [0.29, 0.717) is 0 Å². The van der Waals surface area contributed by atoms with Crippen LogP contribution in [-0.4, -0.2) is 43.0 Å². The zero-order valence-electron chi connectivity index (χ0n) is 14.8. The molecule has 3 aromatic rings. The molecule has 0 spiro atoms. The number of aromatic amines is 2. The highest BCUT2D eigenvalue weighted by Crippen LogP contribution is 2.37. The van der Waals surface area contributed by atoms with Gasteiger partial charge in [0.25, 0.3) is 5.56 Å². The first-order valence-electron chi connectivity index (χ1n) is 8.84. The molecular formula is C19H18N4O4S. The molecule has 1 fully saturated rings. The van der Waals surface area contributed by atoms with Crippen molar-refractivity contribution in [1.29, 1.82) is 0 Å². The zero-order chi connectivity index (χ0) is 19.8. The third kappa shape index (κ3) is 3.36. The zero-order valence-corrected chi connectivity index (χ0v) is 15.6. The maximum absolute atomic E-state index is 12.2. The summed E-state index contributed by atoms with van der Waals surface area (Å²) in [6.07, 6.45) is 4.75. The monoisotopic (exact) mass is 398 g/mol. The summed E-state index contributed by atoms with van der Waals surface area (Å²) >= 11 is 5.11. The third-order valence-corrected chi connectivity index (χ3v) is 5.12. The van der Waals surface area contributed by atoms with Gasteiger partial charge in [0.15, 0.2) is 10.8 Å². The molecule has 1 aromatic carbocycles. The van der Waals surface area contributed by atoms with Crippen molar-refractivity contribution >= 4 is 35.3 Å². The lowest BCUT2D eigenvalue weighted by Gasteiger charge is -2.10. The summed E-state index contributed by atoms with van der Waals surface area (Å²) in [7, 11) is 0. The van der Waals surface area contributed by atoms with E-state index in [1.165, 1.54) is 4.57 Å². The minimum absolute atomic E-state index is 0.0537. The van der Waals surface area contributed by atoms with E-state index in [2.05, 4.69) is 15.0 Å². The number of H-pyrrole nitrogens is 2. The van der Waals surface area contributed by atoms with Gasteiger partial charge in [-0.05, 0) is 36.7 Å². The molecule has 0 saturated heterocycles. The highest BCUT2D eigenvalue weighted by molar-refractivity contribution is 7.71. The number of benzene rings is 1. The number of carboxylic acids is 1. The molecule has 0 aliphatic heterocycles. The van der Waals surface area contributed by atoms with Crippen molar-refractivity contribution in [3.05, 3.63) is 56.7 Å². The first kappa shape index (κ1) is 18.2. The van der Waals surface area contributed by atoms with Crippen molar-refractivity contribution in [3.8, 4) is 5.88 Å². The van der Waals surface area contributed by atoms with E-state index >= 15 is 0 Å². The molecular weight excluding hydrogens is 380 g/mol. The van der Waals surface area contributed by atoms with Gasteiger partial charge in [0.2, 0.25) is 5.88 Å². The lowest BCUT2D eigenvalue weighted by molar-refractivity contribution is -0.138. The van der Waals surface area contributed by atoms with Crippen LogP contribution in [0.2, 0.25) is 0 Å². The molecule has 4 rings (SSSR count). The fourth-order valence-corrected chi connectivity index (χ4v) is 3.55. The Morgan fingerprint density at radius 2 is 2.14 bits per heavy atom. The number of hydrogen-bond donors (Lipinski definition) is 4. The van der Waals surface area contributed by atoms with E-state index in [1.807, 2.05) is 24.3 Å². The van der Waals surface area contributed by atoms with Gasteiger partial charge in [0.05, 0.1) is 0 Å². The molecule has 8 nitrogen and oxygen atoms in total. The van der Waals surface area contributed by atoms with Gasteiger partial charge in [0.1, 0.15) is 5.56 Å². The van der Waals surface area contributed by atoms with Crippen LogP contribution in [0, 0.1) is 4.77 Å². The van der Waals surface area contributed by atoms with Crippen LogP contribution in [0.4, 0.5) is 0 Å². The molecule has 0 unspecified atom stereocenters. The first-order chi connectivity index (χ1) is 13.5. The van der Waals surface area contributed by atoms with Crippen molar-refractivity contribution < 1.29 is 15.0 Å². The number of fused-ring (bicyclic) bond motifs is 1. The van der Waals surface area contributed by atoms with E-state index in [9.17, 15) is 19.8 Å². The average molecular weight is 398 g/mol. The topological polar surface area (TPSA) is 123 Å². The number of nitrogens with zero attached hydrogens (tertiary/aromatic N) is 2. The molecule has 1 atom stereocenters. The molecule has 9 heteroatoms. The Kier molecular flexibility index (Phi) is 4.60. The van der Waals surface area contributed by atoms with E-state index in [-0.39, 0.29) is 28.7 Å². The maximum atomic E-state index is 12.2. The normalized spacial score (nSPS) is 15.3. The van der Waals surface area contributed by atoms with E-state index in [0.717, 1.165) is 35.5 Å². The van der Waals surface area contributed by atoms with Crippen molar-refractivity contribution in [2.45, 2.75) is 31.3 Å². The van der Waals surface area contributed by atoms with Crippen LogP contribution in [0.25, 0.3) is 10.9 Å². The molecule has 1 saturated carbocycles. The van der Waals surface area contributed by atoms with Crippen LogP contribution < -0.4 is 5.56 Å². The fourth-order valence-electron chi connectivity index (χ4n) is 3.22. The summed E-state index contributed by atoms with van der Waals surface area (Å²) in [5.74, 6) is -1.40. The summed E-state index contributed by atoms with van der Waals surface area (Å²) in [6.45, 7) is 0.